The van der Waals surface area contributed by atoms with Crippen molar-refractivity contribution in [2.45, 2.75) is 6.42 Å². The molecule has 0 unspecified atom stereocenters. The summed E-state index contributed by atoms with van der Waals surface area (Å²) in [7, 11) is 0. The van der Waals surface area contributed by atoms with Crippen molar-refractivity contribution >= 4 is 23.5 Å². The molecule has 1 heterocycles. The molecule has 0 spiro atoms. The number of nitrogens with zero attached hydrogens (tertiary/aromatic N) is 2. The normalized spacial score (nSPS) is 10.2. The topological polar surface area (TPSA) is 66.9 Å². The van der Waals surface area contributed by atoms with Gasteiger partial charge in [-0.05, 0) is 30.7 Å². The third-order valence-electron chi connectivity index (χ3n) is 2.66. The first-order valence-electron chi connectivity index (χ1n) is 6.41. The molecule has 0 saturated heterocycles. The molecule has 0 saturated carbocycles. The molecule has 0 aliphatic heterocycles. The van der Waals surface area contributed by atoms with E-state index in [-0.39, 0.29) is 16.5 Å². The van der Waals surface area contributed by atoms with Crippen LogP contribution in [0.15, 0.2) is 36.7 Å². The van der Waals surface area contributed by atoms with Gasteiger partial charge in [-0.1, -0.05) is 11.6 Å². The van der Waals surface area contributed by atoms with Crippen molar-refractivity contribution < 1.29 is 9.18 Å². The summed E-state index contributed by atoms with van der Waals surface area (Å²) in [5.74, 6) is -0.245. The number of hydrogen-bond acceptors (Lipinski definition) is 4. The van der Waals surface area contributed by atoms with Crippen LogP contribution in [0.3, 0.4) is 0 Å². The quantitative estimate of drug-likeness (QED) is 0.805. The van der Waals surface area contributed by atoms with E-state index < -0.39 is 5.82 Å². The highest BCUT2D eigenvalue weighted by Crippen LogP contribution is 2.16. The smallest absolute Gasteiger partial charge is 0.252 e. The first kappa shape index (κ1) is 15.2. The summed E-state index contributed by atoms with van der Waals surface area (Å²) in [5.41, 5.74) is 0.261. The van der Waals surface area contributed by atoms with Crippen LogP contribution in [0.2, 0.25) is 5.02 Å². The zero-order valence-corrected chi connectivity index (χ0v) is 11.9. The molecule has 5 nitrogen and oxygen atoms in total. The first-order valence-corrected chi connectivity index (χ1v) is 6.79. The number of rotatable bonds is 6. The zero-order valence-electron chi connectivity index (χ0n) is 11.1. The summed E-state index contributed by atoms with van der Waals surface area (Å²) in [5, 5.41) is 5.85. The van der Waals surface area contributed by atoms with Crippen LogP contribution in [-0.4, -0.2) is 29.0 Å². The molecule has 1 aromatic carbocycles. The van der Waals surface area contributed by atoms with Crippen molar-refractivity contribution in [2.75, 3.05) is 18.4 Å². The first-order chi connectivity index (χ1) is 10.2. The van der Waals surface area contributed by atoms with Gasteiger partial charge in [0.15, 0.2) is 0 Å². The van der Waals surface area contributed by atoms with Crippen LogP contribution in [0.1, 0.15) is 16.8 Å². The monoisotopic (exact) mass is 308 g/mol. The molecular weight excluding hydrogens is 295 g/mol. The highest BCUT2D eigenvalue weighted by atomic mass is 35.5. The summed E-state index contributed by atoms with van der Waals surface area (Å²) in [4.78, 5) is 19.9. The van der Waals surface area contributed by atoms with Gasteiger partial charge in [0.25, 0.3) is 5.91 Å². The maximum atomic E-state index is 12.9. The van der Waals surface area contributed by atoms with Gasteiger partial charge in [0.2, 0.25) is 5.95 Å². The van der Waals surface area contributed by atoms with Gasteiger partial charge in [-0.25, -0.2) is 14.4 Å². The molecule has 0 radical (unpaired) electrons. The fraction of sp³-hybridized carbons (Fsp3) is 0.214. The molecular formula is C14H14ClFN4O. The number of halogens is 2. The highest BCUT2D eigenvalue weighted by Gasteiger charge is 2.10. The second-order valence-electron chi connectivity index (χ2n) is 4.23. The van der Waals surface area contributed by atoms with E-state index in [2.05, 4.69) is 20.6 Å². The average Bonchev–Trinajstić information content (AvgIpc) is 2.47. The second kappa shape index (κ2) is 7.54. The molecule has 0 aliphatic carbocycles. The van der Waals surface area contributed by atoms with Crippen LogP contribution in [0.25, 0.3) is 0 Å². The molecule has 7 heteroatoms. The highest BCUT2D eigenvalue weighted by molar-refractivity contribution is 6.33. The van der Waals surface area contributed by atoms with Gasteiger partial charge in [0.1, 0.15) is 5.82 Å². The summed E-state index contributed by atoms with van der Waals surface area (Å²) < 4.78 is 12.9. The molecule has 2 aromatic rings. The van der Waals surface area contributed by atoms with Crippen molar-refractivity contribution in [3.63, 3.8) is 0 Å². The molecule has 0 fully saturated rings. The Labute approximate surface area is 126 Å². The van der Waals surface area contributed by atoms with Crippen molar-refractivity contribution in [1.29, 1.82) is 0 Å². The lowest BCUT2D eigenvalue weighted by molar-refractivity contribution is 0.0953. The van der Waals surface area contributed by atoms with E-state index in [4.69, 9.17) is 11.6 Å². The number of benzene rings is 1. The lowest BCUT2D eigenvalue weighted by Crippen LogP contribution is -2.26. The molecule has 0 atom stereocenters. The Bertz CT molecular complexity index is 609. The van der Waals surface area contributed by atoms with E-state index in [1.54, 1.807) is 18.5 Å². The van der Waals surface area contributed by atoms with Gasteiger partial charge in [0, 0.05) is 25.5 Å². The fourth-order valence-corrected chi connectivity index (χ4v) is 1.90. The number of aromatic nitrogens is 2. The van der Waals surface area contributed by atoms with Gasteiger partial charge in [-0.2, -0.15) is 0 Å². The van der Waals surface area contributed by atoms with E-state index in [1.807, 2.05) is 0 Å². The Morgan fingerprint density at radius 1 is 1.24 bits per heavy atom. The molecule has 110 valence electrons. The van der Waals surface area contributed by atoms with Crippen molar-refractivity contribution in [1.82, 2.24) is 15.3 Å². The van der Waals surface area contributed by atoms with Gasteiger partial charge in [-0.15, -0.1) is 0 Å². The average molecular weight is 309 g/mol. The largest absolute Gasteiger partial charge is 0.354 e. The van der Waals surface area contributed by atoms with Crippen molar-refractivity contribution in [3.8, 4) is 0 Å². The molecule has 1 amide bonds. The third-order valence-corrected chi connectivity index (χ3v) is 2.98. The van der Waals surface area contributed by atoms with Crippen LogP contribution < -0.4 is 10.6 Å². The Kier molecular flexibility index (Phi) is 5.45. The Morgan fingerprint density at radius 2 is 2.00 bits per heavy atom. The molecule has 21 heavy (non-hydrogen) atoms. The van der Waals surface area contributed by atoms with E-state index in [9.17, 15) is 9.18 Å². The minimum Gasteiger partial charge on any atom is -0.354 e. The second-order valence-corrected chi connectivity index (χ2v) is 4.64. The Balaban J connectivity index is 1.72. The van der Waals surface area contributed by atoms with Gasteiger partial charge < -0.3 is 10.6 Å². The molecule has 2 N–H and O–H groups in total. The van der Waals surface area contributed by atoms with E-state index in [0.717, 1.165) is 6.07 Å². The maximum absolute atomic E-state index is 12.9. The van der Waals surface area contributed by atoms with Crippen LogP contribution in [0, 0.1) is 5.82 Å². The van der Waals surface area contributed by atoms with Crippen molar-refractivity contribution in [3.05, 3.63) is 53.1 Å². The van der Waals surface area contributed by atoms with Gasteiger partial charge in [0.05, 0.1) is 10.6 Å². The summed E-state index contributed by atoms with van der Waals surface area (Å²) in [6.45, 7) is 1.09. The minimum absolute atomic E-state index is 0.100. The van der Waals surface area contributed by atoms with Crippen LogP contribution >= 0.6 is 11.6 Å². The van der Waals surface area contributed by atoms with Crippen LogP contribution in [0.4, 0.5) is 10.3 Å². The molecule has 0 bridgehead atoms. The number of carbonyl (C=O) groups excluding carboxylic acids is 1. The Morgan fingerprint density at radius 3 is 2.71 bits per heavy atom. The third kappa shape index (κ3) is 4.68. The standard InChI is InChI=1S/C14H14ClFN4O/c15-12-9-10(16)3-4-11(12)13(21)17-5-1-6-18-14-19-7-2-8-20-14/h2-4,7-9H,1,5-6H2,(H,17,21)(H,18,19,20). The lowest BCUT2D eigenvalue weighted by atomic mass is 10.2. The van der Waals surface area contributed by atoms with E-state index >= 15 is 0 Å². The number of anilines is 1. The maximum Gasteiger partial charge on any atom is 0.252 e. The van der Waals surface area contributed by atoms with Crippen LogP contribution in [-0.2, 0) is 0 Å². The number of nitrogens with one attached hydrogen (secondary N) is 2. The predicted molar refractivity (Wildman–Crippen MR) is 78.9 cm³/mol. The summed E-state index contributed by atoms with van der Waals surface area (Å²) >= 11 is 5.81. The number of amides is 1. The minimum atomic E-state index is -0.469. The van der Waals surface area contributed by atoms with E-state index in [0.29, 0.717) is 25.5 Å². The van der Waals surface area contributed by atoms with E-state index in [1.165, 1.54) is 12.1 Å². The lowest BCUT2D eigenvalue weighted by Gasteiger charge is -2.07. The zero-order chi connectivity index (χ0) is 15.1. The van der Waals surface area contributed by atoms with Gasteiger partial charge >= 0.3 is 0 Å². The molecule has 0 aliphatic rings. The predicted octanol–water partition coefficient (Wildman–Crippen LogP) is 2.50. The number of hydrogen-bond donors (Lipinski definition) is 2. The van der Waals surface area contributed by atoms with Crippen LogP contribution in [0.5, 0.6) is 0 Å². The fourth-order valence-electron chi connectivity index (χ4n) is 1.65. The molecule has 1 aromatic heterocycles. The van der Waals surface area contributed by atoms with Gasteiger partial charge in [-0.3, -0.25) is 4.79 Å². The molecule has 2 rings (SSSR count). The Hall–Kier alpha value is -2.21. The SMILES string of the molecule is O=C(NCCCNc1ncccn1)c1ccc(F)cc1Cl. The summed E-state index contributed by atoms with van der Waals surface area (Å²) in [6.07, 6.45) is 3.99. The summed E-state index contributed by atoms with van der Waals surface area (Å²) in [6, 6.07) is 5.42. The number of carbonyl (C=O) groups is 1. The van der Waals surface area contributed by atoms with Crippen molar-refractivity contribution in [2.24, 2.45) is 0 Å².